The van der Waals surface area contributed by atoms with Gasteiger partial charge in [-0.3, -0.25) is 0 Å². The first-order valence-corrected chi connectivity index (χ1v) is 5.66. The molecule has 2 aromatic rings. The molecule has 0 saturated carbocycles. The molecular weight excluding hydrogens is 247 g/mol. The Balaban J connectivity index is 2.47. The fourth-order valence-corrected chi connectivity index (χ4v) is 2.23. The summed E-state index contributed by atoms with van der Waals surface area (Å²) < 4.78 is 37.6. The van der Waals surface area contributed by atoms with Gasteiger partial charge in [-0.1, -0.05) is 12.1 Å². The Morgan fingerprint density at radius 2 is 2.00 bits per heavy atom. The minimum Gasteiger partial charge on any atom is -0.241 e. The smallest absolute Gasteiger partial charge is 0.241 e. The van der Waals surface area contributed by atoms with E-state index in [4.69, 9.17) is 0 Å². The highest BCUT2D eigenvalue weighted by atomic mass is 32.1. The lowest BCUT2D eigenvalue weighted by Gasteiger charge is -2.07. The van der Waals surface area contributed by atoms with E-state index in [0.29, 0.717) is 16.3 Å². The van der Waals surface area contributed by atoms with Gasteiger partial charge in [0.25, 0.3) is 0 Å². The molecule has 0 unspecified atom stereocenters. The van der Waals surface area contributed by atoms with E-state index in [9.17, 15) is 13.2 Å². The van der Waals surface area contributed by atoms with Crippen molar-refractivity contribution in [1.82, 2.24) is 4.98 Å². The van der Waals surface area contributed by atoms with E-state index < -0.39 is 11.7 Å². The fourth-order valence-electron chi connectivity index (χ4n) is 1.38. The van der Waals surface area contributed by atoms with Gasteiger partial charge in [-0.05, 0) is 26.0 Å². The van der Waals surface area contributed by atoms with Crippen molar-refractivity contribution < 1.29 is 13.2 Å². The molecule has 0 saturated heterocycles. The van der Waals surface area contributed by atoms with Crippen LogP contribution in [0, 0.1) is 13.8 Å². The predicted molar refractivity (Wildman–Crippen MR) is 61.7 cm³/mol. The summed E-state index contributed by atoms with van der Waals surface area (Å²) in [6.07, 6.45) is -4.32. The zero-order valence-electron chi connectivity index (χ0n) is 9.01. The minimum absolute atomic E-state index is 0.475. The van der Waals surface area contributed by atoms with E-state index in [-0.39, 0.29) is 0 Å². The molecule has 1 heterocycles. The quantitative estimate of drug-likeness (QED) is 0.740. The summed E-state index contributed by atoms with van der Waals surface area (Å²) in [5.74, 6) is 0. The van der Waals surface area contributed by atoms with Crippen molar-refractivity contribution in [3.63, 3.8) is 0 Å². The number of thiazole rings is 1. The number of aromatic nitrogens is 1. The van der Waals surface area contributed by atoms with E-state index in [0.717, 1.165) is 17.0 Å². The molecule has 1 radical (unpaired) electrons. The number of rotatable bonds is 1. The lowest BCUT2D eigenvalue weighted by molar-refractivity contribution is -0.137. The van der Waals surface area contributed by atoms with E-state index in [1.807, 2.05) is 6.92 Å². The number of aryl methyl sites for hydroxylation is 1. The standard InChI is InChI=1S/C12H9F3NS/c1-7-8(2)17-11(16-7)9-4-3-5-10(6-9)12(13,14)15/h3-6H,1H2,2H3. The monoisotopic (exact) mass is 256 g/mol. The summed E-state index contributed by atoms with van der Waals surface area (Å²) in [5, 5.41) is 0.568. The maximum Gasteiger partial charge on any atom is 0.416 e. The van der Waals surface area contributed by atoms with Crippen LogP contribution < -0.4 is 0 Å². The van der Waals surface area contributed by atoms with Crippen LogP contribution in [-0.4, -0.2) is 4.98 Å². The van der Waals surface area contributed by atoms with Crippen molar-refractivity contribution in [2.75, 3.05) is 0 Å². The molecule has 1 aromatic heterocycles. The molecule has 89 valence electrons. The number of nitrogens with zero attached hydrogens (tertiary/aromatic N) is 1. The Hall–Kier alpha value is -1.36. The fraction of sp³-hybridized carbons (Fsp3) is 0.167. The highest BCUT2D eigenvalue weighted by Gasteiger charge is 2.30. The first-order chi connectivity index (χ1) is 7.88. The van der Waals surface area contributed by atoms with Crippen LogP contribution in [-0.2, 0) is 6.18 Å². The topological polar surface area (TPSA) is 12.9 Å². The van der Waals surface area contributed by atoms with Gasteiger partial charge < -0.3 is 0 Å². The summed E-state index contributed by atoms with van der Waals surface area (Å²) >= 11 is 1.35. The zero-order chi connectivity index (χ0) is 12.6. The number of halogens is 3. The molecule has 0 N–H and O–H groups in total. The van der Waals surface area contributed by atoms with Gasteiger partial charge in [0.2, 0.25) is 0 Å². The number of alkyl halides is 3. The van der Waals surface area contributed by atoms with E-state index in [2.05, 4.69) is 11.9 Å². The molecular formula is C12H9F3NS. The molecule has 0 fully saturated rings. The van der Waals surface area contributed by atoms with Crippen molar-refractivity contribution in [1.29, 1.82) is 0 Å². The third kappa shape index (κ3) is 2.49. The van der Waals surface area contributed by atoms with Crippen LogP contribution in [0.5, 0.6) is 0 Å². The van der Waals surface area contributed by atoms with E-state index in [1.165, 1.54) is 17.4 Å². The van der Waals surface area contributed by atoms with Crippen molar-refractivity contribution in [3.05, 3.63) is 47.3 Å². The molecule has 0 amide bonds. The van der Waals surface area contributed by atoms with Crippen LogP contribution in [0.1, 0.15) is 16.1 Å². The summed E-state index contributed by atoms with van der Waals surface area (Å²) in [6.45, 7) is 5.56. The zero-order valence-corrected chi connectivity index (χ0v) is 9.82. The molecule has 5 heteroatoms. The van der Waals surface area contributed by atoms with Crippen LogP contribution in [0.2, 0.25) is 0 Å². The molecule has 0 aliphatic heterocycles. The molecule has 0 atom stereocenters. The van der Waals surface area contributed by atoms with Crippen LogP contribution in [0.25, 0.3) is 10.6 Å². The van der Waals surface area contributed by atoms with Gasteiger partial charge in [0, 0.05) is 10.4 Å². The average molecular weight is 256 g/mol. The van der Waals surface area contributed by atoms with Gasteiger partial charge in [0.1, 0.15) is 5.01 Å². The van der Waals surface area contributed by atoms with Crippen LogP contribution in [0.4, 0.5) is 13.2 Å². The molecule has 2 rings (SSSR count). The Kier molecular flexibility index (Phi) is 2.95. The molecule has 1 aromatic carbocycles. The second-order valence-corrected chi connectivity index (χ2v) is 4.80. The van der Waals surface area contributed by atoms with Crippen molar-refractivity contribution >= 4 is 11.3 Å². The van der Waals surface area contributed by atoms with Crippen LogP contribution in [0.15, 0.2) is 24.3 Å². The van der Waals surface area contributed by atoms with Crippen molar-refractivity contribution in [2.45, 2.75) is 13.1 Å². The highest BCUT2D eigenvalue weighted by Crippen LogP contribution is 2.33. The van der Waals surface area contributed by atoms with E-state index >= 15 is 0 Å². The number of hydrogen-bond donors (Lipinski definition) is 0. The lowest BCUT2D eigenvalue weighted by Crippen LogP contribution is -2.04. The second kappa shape index (κ2) is 4.14. The Morgan fingerprint density at radius 1 is 1.29 bits per heavy atom. The summed E-state index contributed by atoms with van der Waals surface area (Å²) in [4.78, 5) is 5.06. The summed E-state index contributed by atoms with van der Waals surface area (Å²) in [6, 6.07) is 5.16. The number of benzene rings is 1. The third-order valence-electron chi connectivity index (χ3n) is 2.33. The maximum absolute atomic E-state index is 12.5. The molecule has 0 spiro atoms. The van der Waals surface area contributed by atoms with Crippen LogP contribution in [0.3, 0.4) is 0 Å². The van der Waals surface area contributed by atoms with E-state index in [1.54, 1.807) is 6.07 Å². The molecule has 17 heavy (non-hydrogen) atoms. The normalized spacial score (nSPS) is 11.8. The highest BCUT2D eigenvalue weighted by molar-refractivity contribution is 7.15. The Morgan fingerprint density at radius 3 is 2.53 bits per heavy atom. The molecule has 0 bridgehead atoms. The largest absolute Gasteiger partial charge is 0.416 e. The second-order valence-electron chi connectivity index (χ2n) is 3.60. The summed E-state index contributed by atoms with van der Waals surface area (Å²) in [7, 11) is 0. The minimum atomic E-state index is -4.32. The van der Waals surface area contributed by atoms with Crippen molar-refractivity contribution in [3.8, 4) is 10.6 Å². The predicted octanol–water partition coefficient (Wildman–Crippen LogP) is 4.32. The maximum atomic E-state index is 12.5. The molecule has 0 aliphatic carbocycles. The Bertz CT molecular complexity index is 523. The molecule has 1 nitrogen and oxygen atoms in total. The summed E-state index contributed by atoms with van der Waals surface area (Å²) in [5.41, 5.74) is 0.429. The first kappa shape index (κ1) is 12.1. The lowest BCUT2D eigenvalue weighted by atomic mass is 10.1. The van der Waals surface area contributed by atoms with Gasteiger partial charge in [0.05, 0.1) is 11.3 Å². The van der Waals surface area contributed by atoms with Gasteiger partial charge in [-0.25, -0.2) is 4.98 Å². The van der Waals surface area contributed by atoms with Crippen LogP contribution >= 0.6 is 11.3 Å². The average Bonchev–Trinajstić information content (AvgIpc) is 2.58. The first-order valence-electron chi connectivity index (χ1n) is 4.85. The van der Waals surface area contributed by atoms with Gasteiger partial charge in [0.15, 0.2) is 0 Å². The Labute approximate surface area is 101 Å². The number of hydrogen-bond acceptors (Lipinski definition) is 2. The van der Waals surface area contributed by atoms with Crippen molar-refractivity contribution in [2.24, 2.45) is 0 Å². The van der Waals surface area contributed by atoms with Gasteiger partial charge >= 0.3 is 6.18 Å². The SMILES string of the molecule is [CH2]c1nc(-c2cccc(C(F)(F)F)c2)sc1C. The third-order valence-corrected chi connectivity index (χ3v) is 3.39. The van der Waals surface area contributed by atoms with Gasteiger partial charge in [-0.2, -0.15) is 13.2 Å². The van der Waals surface area contributed by atoms with Gasteiger partial charge in [-0.15, -0.1) is 11.3 Å². The molecule has 0 aliphatic rings.